The summed E-state index contributed by atoms with van der Waals surface area (Å²) in [4.78, 5) is 14.9. The molecule has 218 valence electrons. The summed E-state index contributed by atoms with van der Waals surface area (Å²) in [6.45, 7) is 6.03. The highest BCUT2D eigenvalue weighted by Gasteiger charge is 2.17. The largest absolute Gasteiger partial charge is 0.309 e. The van der Waals surface area contributed by atoms with E-state index in [-0.39, 0.29) is 0 Å². The molecule has 0 atom stereocenters. The zero-order valence-corrected chi connectivity index (χ0v) is 25.4. The zero-order chi connectivity index (χ0) is 31.0. The Kier molecular flexibility index (Phi) is 6.81. The van der Waals surface area contributed by atoms with Crippen molar-refractivity contribution in [3.8, 4) is 51.0 Å². The summed E-state index contributed by atoms with van der Waals surface area (Å²) >= 11 is 0. The fraction of sp³-hybridized carbons (Fsp3) is 0.0238. The summed E-state index contributed by atoms with van der Waals surface area (Å²) in [5.74, 6) is 1.94. The van der Waals surface area contributed by atoms with Crippen molar-refractivity contribution < 1.29 is 0 Å². The Morgan fingerprint density at radius 3 is 1.50 bits per heavy atom. The maximum atomic E-state index is 5.01. The zero-order valence-electron chi connectivity index (χ0n) is 25.4. The van der Waals surface area contributed by atoms with Crippen LogP contribution in [0.5, 0.6) is 0 Å². The highest BCUT2D eigenvalue weighted by molar-refractivity contribution is 6.11. The van der Waals surface area contributed by atoms with E-state index in [1.54, 1.807) is 0 Å². The first-order valence-corrected chi connectivity index (χ1v) is 15.4. The Bertz CT molecular complexity index is 2300. The van der Waals surface area contributed by atoms with Crippen LogP contribution in [0.15, 0.2) is 152 Å². The van der Waals surface area contributed by atoms with E-state index in [0.29, 0.717) is 17.5 Å². The van der Waals surface area contributed by atoms with Crippen molar-refractivity contribution in [3.05, 3.63) is 163 Å². The number of hydrogen-bond donors (Lipinski definition) is 0. The molecule has 0 bridgehead atoms. The lowest BCUT2D eigenvalue weighted by Crippen LogP contribution is -2.00. The molecule has 4 nitrogen and oxygen atoms in total. The molecule has 0 aliphatic carbocycles. The second-order valence-corrected chi connectivity index (χ2v) is 11.5. The first-order valence-electron chi connectivity index (χ1n) is 15.4. The number of hydrogen-bond acceptors (Lipinski definition) is 3. The number of aromatic nitrogens is 4. The number of fused-ring (bicyclic) bond motifs is 3. The lowest BCUT2D eigenvalue weighted by atomic mass is 10.0. The molecule has 0 spiro atoms. The van der Waals surface area contributed by atoms with Crippen LogP contribution in [0.2, 0.25) is 0 Å². The third kappa shape index (κ3) is 4.96. The summed E-state index contributed by atoms with van der Waals surface area (Å²) in [5, 5.41) is 2.31. The average molecular weight is 591 g/mol. The third-order valence-electron chi connectivity index (χ3n) is 8.49. The second kappa shape index (κ2) is 11.4. The molecule has 6 aromatic carbocycles. The van der Waals surface area contributed by atoms with Gasteiger partial charge in [-0.15, -0.1) is 0 Å². The Balaban J connectivity index is 1.36. The van der Waals surface area contributed by atoms with Crippen LogP contribution in [0.25, 0.3) is 78.9 Å². The van der Waals surface area contributed by atoms with Crippen molar-refractivity contribution in [2.24, 2.45) is 0 Å². The molecule has 46 heavy (non-hydrogen) atoms. The molecule has 0 amide bonds. The van der Waals surface area contributed by atoms with Crippen molar-refractivity contribution in [1.82, 2.24) is 19.5 Å². The van der Waals surface area contributed by atoms with Crippen LogP contribution in [0.1, 0.15) is 11.1 Å². The van der Waals surface area contributed by atoms with Gasteiger partial charge in [0, 0.05) is 33.2 Å². The molecular weight excluding hydrogens is 560 g/mol. The third-order valence-corrected chi connectivity index (χ3v) is 8.49. The van der Waals surface area contributed by atoms with Crippen LogP contribution in [0.4, 0.5) is 0 Å². The molecule has 0 aliphatic heterocycles. The number of benzene rings is 6. The predicted octanol–water partition coefficient (Wildman–Crippen LogP) is 10.6. The number of aryl methyl sites for hydroxylation is 1. The quantitative estimate of drug-likeness (QED) is 0.193. The van der Waals surface area contributed by atoms with E-state index in [9.17, 15) is 0 Å². The monoisotopic (exact) mass is 590 g/mol. The van der Waals surface area contributed by atoms with Crippen molar-refractivity contribution in [1.29, 1.82) is 0 Å². The second-order valence-electron chi connectivity index (χ2n) is 11.5. The molecule has 2 aromatic heterocycles. The smallest absolute Gasteiger partial charge is 0.164 e. The molecule has 0 unspecified atom stereocenters. The molecule has 2 heterocycles. The molecule has 0 radical (unpaired) electrons. The predicted molar refractivity (Wildman–Crippen MR) is 191 cm³/mol. The first kappa shape index (κ1) is 27.4. The maximum absolute atomic E-state index is 5.01. The highest BCUT2D eigenvalue weighted by Crippen LogP contribution is 2.37. The minimum Gasteiger partial charge on any atom is -0.309 e. The minimum absolute atomic E-state index is 0.641. The SMILES string of the molecule is C=Cc1ccc(-c2ccc3c(c2)c2cc(-c4nc(-c5ccccc5)nc(-c5ccccc5)n4)ccc2n3-c2ccc(C)cc2)cc1. The molecule has 0 aliphatic rings. The molecule has 0 fully saturated rings. The summed E-state index contributed by atoms with van der Waals surface area (Å²) in [6, 6.07) is 50.7. The van der Waals surface area contributed by atoms with Gasteiger partial charge in [-0.1, -0.05) is 121 Å². The van der Waals surface area contributed by atoms with Crippen LogP contribution in [-0.4, -0.2) is 19.5 Å². The van der Waals surface area contributed by atoms with Gasteiger partial charge in [0.25, 0.3) is 0 Å². The van der Waals surface area contributed by atoms with E-state index in [1.165, 1.54) is 10.9 Å². The topological polar surface area (TPSA) is 43.6 Å². The van der Waals surface area contributed by atoms with Gasteiger partial charge < -0.3 is 4.57 Å². The van der Waals surface area contributed by atoms with E-state index in [1.807, 2.05) is 66.7 Å². The van der Waals surface area contributed by atoms with Crippen molar-refractivity contribution >= 4 is 27.9 Å². The van der Waals surface area contributed by atoms with Gasteiger partial charge in [0.05, 0.1) is 11.0 Å². The molecular formula is C42H30N4. The van der Waals surface area contributed by atoms with Gasteiger partial charge in [-0.25, -0.2) is 15.0 Å². The van der Waals surface area contributed by atoms with Crippen molar-refractivity contribution in [3.63, 3.8) is 0 Å². The Labute approximate surface area is 268 Å². The van der Waals surface area contributed by atoms with E-state index in [2.05, 4.69) is 103 Å². The van der Waals surface area contributed by atoms with E-state index in [0.717, 1.165) is 55.5 Å². The average Bonchev–Trinajstić information content (AvgIpc) is 3.45. The van der Waals surface area contributed by atoms with Gasteiger partial charge in [-0.05, 0) is 66.1 Å². The Hall–Kier alpha value is -6.13. The fourth-order valence-corrected chi connectivity index (χ4v) is 6.06. The Morgan fingerprint density at radius 1 is 0.478 bits per heavy atom. The maximum Gasteiger partial charge on any atom is 0.164 e. The molecule has 4 heteroatoms. The van der Waals surface area contributed by atoms with E-state index >= 15 is 0 Å². The van der Waals surface area contributed by atoms with Gasteiger partial charge >= 0.3 is 0 Å². The standard InChI is InChI=1S/C42H30N4/c1-3-29-16-18-30(19-17-29)33-20-24-38-36(26-33)37-27-34(21-25-39(37)46(38)35-22-14-28(2)15-23-35)42-44-40(31-10-6-4-7-11-31)43-41(45-42)32-12-8-5-9-13-32/h3-27H,1H2,2H3. The molecule has 0 saturated carbocycles. The van der Waals surface area contributed by atoms with E-state index < -0.39 is 0 Å². The molecule has 8 aromatic rings. The summed E-state index contributed by atoms with van der Waals surface area (Å²) in [5.41, 5.74) is 10.9. The lowest BCUT2D eigenvalue weighted by Gasteiger charge is -2.10. The highest BCUT2D eigenvalue weighted by atomic mass is 15.0. The van der Waals surface area contributed by atoms with Gasteiger partial charge in [-0.2, -0.15) is 0 Å². The number of rotatable bonds is 6. The summed E-state index contributed by atoms with van der Waals surface area (Å²) in [6.07, 6.45) is 1.87. The van der Waals surface area contributed by atoms with Gasteiger partial charge in [0.1, 0.15) is 0 Å². The molecule has 8 rings (SSSR count). The van der Waals surface area contributed by atoms with Crippen LogP contribution >= 0.6 is 0 Å². The minimum atomic E-state index is 0.641. The lowest BCUT2D eigenvalue weighted by molar-refractivity contribution is 1.07. The van der Waals surface area contributed by atoms with Crippen LogP contribution in [0, 0.1) is 6.92 Å². The fourth-order valence-electron chi connectivity index (χ4n) is 6.06. The normalized spacial score (nSPS) is 11.2. The van der Waals surface area contributed by atoms with Crippen LogP contribution in [0.3, 0.4) is 0 Å². The molecule has 0 N–H and O–H groups in total. The van der Waals surface area contributed by atoms with Gasteiger partial charge in [0.15, 0.2) is 17.5 Å². The summed E-state index contributed by atoms with van der Waals surface area (Å²) < 4.78 is 2.34. The van der Waals surface area contributed by atoms with Crippen molar-refractivity contribution in [2.45, 2.75) is 6.92 Å². The van der Waals surface area contributed by atoms with Crippen LogP contribution in [-0.2, 0) is 0 Å². The van der Waals surface area contributed by atoms with Crippen molar-refractivity contribution in [2.75, 3.05) is 0 Å². The van der Waals surface area contributed by atoms with Crippen LogP contribution < -0.4 is 0 Å². The van der Waals surface area contributed by atoms with Gasteiger partial charge in [-0.3, -0.25) is 0 Å². The Morgan fingerprint density at radius 2 is 0.957 bits per heavy atom. The van der Waals surface area contributed by atoms with Gasteiger partial charge in [0.2, 0.25) is 0 Å². The number of nitrogens with zero attached hydrogens (tertiary/aromatic N) is 4. The summed E-state index contributed by atoms with van der Waals surface area (Å²) in [7, 11) is 0. The first-order chi connectivity index (χ1) is 22.6. The molecule has 0 saturated heterocycles. The van der Waals surface area contributed by atoms with E-state index in [4.69, 9.17) is 15.0 Å².